The lowest BCUT2D eigenvalue weighted by Gasteiger charge is -2.28. The average Bonchev–Trinajstić information content (AvgIpc) is 2.53. The molecule has 0 saturated heterocycles. The fourth-order valence-electron chi connectivity index (χ4n) is 2.70. The Morgan fingerprint density at radius 2 is 2.08 bits per heavy atom. The number of hydrogen-bond donors (Lipinski definition) is 2. The van der Waals surface area contributed by atoms with Gasteiger partial charge in [0.1, 0.15) is 5.82 Å². The van der Waals surface area contributed by atoms with Crippen LogP contribution in [0.3, 0.4) is 0 Å². The van der Waals surface area contributed by atoms with Gasteiger partial charge in [-0.15, -0.1) is 0 Å². The van der Waals surface area contributed by atoms with Gasteiger partial charge in [0.05, 0.1) is 18.3 Å². The molecule has 24 heavy (non-hydrogen) atoms. The first-order valence-corrected chi connectivity index (χ1v) is 8.06. The van der Waals surface area contributed by atoms with E-state index in [9.17, 15) is 18.0 Å². The van der Waals surface area contributed by atoms with Crippen LogP contribution in [0.1, 0.15) is 38.2 Å². The first-order valence-electron chi connectivity index (χ1n) is 8.06. The van der Waals surface area contributed by atoms with Crippen LogP contribution >= 0.6 is 0 Å². The second-order valence-electron chi connectivity index (χ2n) is 5.98. The maximum Gasteiger partial charge on any atom is 0.417 e. The van der Waals surface area contributed by atoms with Crippen LogP contribution < -0.4 is 10.6 Å². The van der Waals surface area contributed by atoms with E-state index in [1.165, 1.54) is 12.8 Å². The van der Waals surface area contributed by atoms with Crippen molar-refractivity contribution >= 4 is 11.8 Å². The van der Waals surface area contributed by atoms with Gasteiger partial charge in [0.2, 0.25) is 0 Å². The summed E-state index contributed by atoms with van der Waals surface area (Å²) < 4.78 is 43.0. The van der Waals surface area contributed by atoms with Gasteiger partial charge in [-0.05, 0) is 30.9 Å². The van der Waals surface area contributed by atoms with Gasteiger partial charge in [-0.2, -0.15) is 13.2 Å². The van der Waals surface area contributed by atoms with E-state index >= 15 is 0 Å². The first-order chi connectivity index (χ1) is 11.4. The summed E-state index contributed by atoms with van der Waals surface area (Å²) in [4.78, 5) is 15.2. The lowest BCUT2D eigenvalue weighted by Crippen LogP contribution is -2.34. The summed E-state index contributed by atoms with van der Waals surface area (Å²) in [6.45, 7) is 2.90. The summed E-state index contributed by atoms with van der Waals surface area (Å²) in [7, 11) is 0. The van der Waals surface area contributed by atoms with Crippen LogP contribution in [0.2, 0.25) is 0 Å². The van der Waals surface area contributed by atoms with E-state index in [0.29, 0.717) is 25.3 Å². The number of amides is 2. The highest BCUT2D eigenvalue weighted by Gasteiger charge is 2.30. The molecule has 2 N–H and O–H groups in total. The summed E-state index contributed by atoms with van der Waals surface area (Å²) in [5.41, 5.74) is -0.858. The normalized spacial score (nSPS) is 21.3. The molecule has 1 aliphatic carbocycles. The molecule has 1 heterocycles. The smallest absolute Gasteiger partial charge is 0.376 e. The number of nitrogens with zero attached hydrogens (tertiary/aromatic N) is 1. The van der Waals surface area contributed by atoms with Gasteiger partial charge in [0.25, 0.3) is 0 Å². The Morgan fingerprint density at radius 1 is 1.33 bits per heavy atom. The van der Waals surface area contributed by atoms with E-state index < -0.39 is 17.8 Å². The van der Waals surface area contributed by atoms with Crippen molar-refractivity contribution in [2.24, 2.45) is 5.92 Å². The van der Waals surface area contributed by atoms with Gasteiger partial charge in [0.15, 0.2) is 0 Å². The predicted molar refractivity (Wildman–Crippen MR) is 83.6 cm³/mol. The molecule has 0 unspecified atom stereocenters. The minimum absolute atomic E-state index is 0.0577. The van der Waals surface area contributed by atoms with E-state index in [0.717, 1.165) is 25.0 Å². The number of ether oxygens (including phenoxy) is 1. The second-order valence-corrected chi connectivity index (χ2v) is 5.98. The van der Waals surface area contributed by atoms with Crippen LogP contribution in [0.4, 0.5) is 23.8 Å². The van der Waals surface area contributed by atoms with Crippen molar-refractivity contribution in [3.63, 3.8) is 0 Å². The Hall–Kier alpha value is -1.83. The van der Waals surface area contributed by atoms with E-state index in [1.54, 1.807) is 0 Å². The molecule has 1 aliphatic rings. The van der Waals surface area contributed by atoms with Crippen LogP contribution in [-0.2, 0) is 10.9 Å². The predicted octanol–water partition coefficient (Wildman–Crippen LogP) is 3.82. The third kappa shape index (κ3) is 5.67. The molecule has 0 spiro atoms. The zero-order valence-corrected chi connectivity index (χ0v) is 13.5. The standard InChI is InChI=1S/C16H22F3N3O2/c1-11-4-2-3-5-13(11)24-9-8-20-15(23)22-14-7-6-12(10-21-14)16(17,18)19/h6-7,10-11,13H,2-5,8-9H2,1H3,(H2,20,21,22,23)/t11-,13-/m0/s1. The van der Waals surface area contributed by atoms with Gasteiger partial charge in [-0.25, -0.2) is 9.78 Å². The molecule has 0 aromatic carbocycles. The van der Waals surface area contributed by atoms with Crippen molar-refractivity contribution < 1.29 is 22.7 Å². The van der Waals surface area contributed by atoms with Gasteiger partial charge in [-0.1, -0.05) is 19.8 Å². The third-order valence-corrected chi connectivity index (χ3v) is 4.08. The maximum atomic E-state index is 12.4. The van der Waals surface area contributed by atoms with E-state index in [2.05, 4.69) is 22.5 Å². The molecule has 5 nitrogen and oxygen atoms in total. The van der Waals surface area contributed by atoms with Crippen molar-refractivity contribution in [3.05, 3.63) is 23.9 Å². The van der Waals surface area contributed by atoms with Gasteiger partial charge < -0.3 is 10.1 Å². The highest BCUT2D eigenvalue weighted by atomic mass is 19.4. The number of anilines is 1. The van der Waals surface area contributed by atoms with E-state index in [-0.39, 0.29) is 11.9 Å². The van der Waals surface area contributed by atoms with Crippen LogP contribution in [0.15, 0.2) is 18.3 Å². The molecule has 1 saturated carbocycles. The fourth-order valence-corrected chi connectivity index (χ4v) is 2.70. The maximum absolute atomic E-state index is 12.4. The lowest BCUT2D eigenvalue weighted by molar-refractivity contribution is -0.137. The van der Waals surface area contributed by atoms with Crippen molar-refractivity contribution in [1.82, 2.24) is 10.3 Å². The number of carbonyl (C=O) groups excluding carboxylic acids is 1. The number of halogens is 3. The number of aromatic nitrogens is 1. The van der Waals surface area contributed by atoms with Crippen molar-refractivity contribution in [3.8, 4) is 0 Å². The van der Waals surface area contributed by atoms with Gasteiger partial charge >= 0.3 is 12.2 Å². The SMILES string of the molecule is C[C@H]1CCCC[C@@H]1OCCNC(=O)Nc1ccc(C(F)(F)F)cn1. The molecule has 1 aromatic heterocycles. The number of rotatable bonds is 5. The highest BCUT2D eigenvalue weighted by Crippen LogP contribution is 2.29. The minimum atomic E-state index is -4.44. The molecule has 2 amide bonds. The number of pyridine rings is 1. The molecule has 2 atom stereocenters. The van der Waals surface area contributed by atoms with E-state index in [4.69, 9.17) is 4.74 Å². The number of nitrogens with one attached hydrogen (secondary N) is 2. The van der Waals surface area contributed by atoms with Gasteiger partial charge in [-0.3, -0.25) is 5.32 Å². The van der Waals surface area contributed by atoms with Crippen molar-refractivity contribution in [2.75, 3.05) is 18.5 Å². The molecule has 1 fully saturated rings. The van der Waals surface area contributed by atoms with Crippen LogP contribution in [-0.4, -0.2) is 30.3 Å². The number of urea groups is 1. The number of alkyl halides is 3. The Kier molecular flexibility index (Phi) is 6.42. The van der Waals surface area contributed by atoms with Crippen LogP contribution in [0.5, 0.6) is 0 Å². The summed E-state index contributed by atoms with van der Waals surface area (Å²) in [5.74, 6) is 0.589. The average molecular weight is 345 g/mol. The molecule has 134 valence electrons. The van der Waals surface area contributed by atoms with Crippen molar-refractivity contribution in [1.29, 1.82) is 0 Å². The molecule has 0 bridgehead atoms. The molecular weight excluding hydrogens is 323 g/mol. The molecule has 8 heteroatoms. The monoisotopic (exact) mass is 345 g/mol. The Bertz CT molecular complexity index is 534. The topological polar surface area (TPSA) is 63.2 Å². The minimum Gasteiger partial charge on any atom is -0.376 e. The number of hydrogen-bond acceptors (Lipinski definition) is 3. The van der Waals surface area contributed by atoms with E-state index in [1.807, 2.05) is 0 Å². The largest absolute Gasteiger partial charge is 0.417 e. The summed E-state index contributed by atoms with van der Waals surface area (Å²) in [6.07, 6.45) is 1.09. The molecule has 1 aromatic rings. The summed E-state index contributed by atoms with van der Waals surface area (Å²) >= 11 is 0. The van der Waals surface area contributed by atoms with Crippen molar-refractivity contribution in [2.45, 2.75) is 44.9 Å². The Morgan fingerprint density at radius 3 is 2.71 bits per heavy atom. The summed E-state index contributed by atoms with van der Waals surface area (Å²) in [6, 6.07) is 1.46. The zero-order chi connectivity index (χ0) is 17.6. The summed E-state index contributed by atoms with van der Waals surface area (Å²) in [5, 5.41) is 4.98. The number of carbonyl (C=O) groups is 1. The quantitative estimate of drug-likeness (QED) is 0.798. The fraction of sp³-hybridized carbons (Fsp3) is 0.625. The second kappa shape index (κ2) is 8.32. The molecular formula is C16H22F3N3O2. The molecule has 0 aliphatic heterocycles. The highest BCUT2D eigenvalue weighted by molar-refractivity contribution is 5.88. The Balaban J connectivity index is 1.68. The zero-order valence-electron chi connectivity index (χ0n) is 13.5. The molecule has 2 rings (SSSR count). The first kappa shape index (κ1) is 18.5. The van der Waals surface area contributed by atoms with Crippen LogP contribution in [0.25, 0.3) is 0 Å². The Labute approximate surface area is 139 Å². The third-order valence-electron chi connectivity index (χ3n) is 4.08. The van der Waals surface area contributed by atoms with Crippen LogP contribution in [0, 0.1) is 5.92 Å². The van der Waals surface area contributed by atoms with Gasteiger partial charge in [0, 0.05) is 12.7 Å². The molecule has 0 radical (unpaired) electrons. The lowest BCUT2D eigenvalue weighted by atomic mass is 9.88.